The number of nitrogens with zero attached hydrogens (tertiary/aromatic N) is 6. The van der Waals surface area contributed by atoms with Crippen molar-refractivity contribution in [1.82, 2.24) is 19.8 Å². The van der Waals surface area contributed by atoms with E-state index < -0.39 is 0 Å². The number of hydrogen-bond donors (Lipinski definition) is 1. The fourth-order valence-electron chi connectivity index (χ4n) is 5.89. The van der Waals surface area contributed by atoms with Crippen molar-refractivity contribution >= 4 is 22.3 Å². The zero-order valence-corrected chi connectivity index (χ0v) is 23.9. The highest BCUT2D eigenvalue weighted by molar-refractivity contribution is 5.95. The summed E-state index contributed by atoms with van der Waals surface area (Å²) in [4.78, 5) is 19.2. The summed E-state index contributed by atoms with van der Waals surface area (Å²) in [6, 6.07) is 12.5. The topological polar surface area (TPSA) is 86.7 Å². The molecule has 0 amide bonds. The fraction of sp³-hybridized carbons (Fsp3) is 0.484. The van der Waals surface area contributed by atoms with Gasteiger partial charge in [0.2, 0.25) is 0 Å². The van der Waals surface area contributed by atoms with E-state index in [9.17, 15) is 5.11 Å². The maximum atomic E-state index is 10.5. The standard InChI is InChI=1S/C31H40N6O4/c1-3-15-40-22-35-10-12-36(13-11-35)30-27-8-9-37(29-18-25(38)17-23-6-4-5-7-26(23)29)19-28(27)32-31(33-30)41-21-24-20-39-16-14-34(24)2/h3-7,17-18,24,38H,1,8-16,19-22H2,2H3. The Labute approximate surface area is 241 Å². The molecule has 3 aromatic rings. The molecule has 1 unspecified atom stereocenters. The lowest BCUT2D eigenvalue weighted by atomic mass is 10.0. The first-order valence-electron chi connectivity index (χ1n) is 14.5. The maximum Gasteiger partial charge on any atom is 0.318 e. The Morgan fingerprint density at radius 2 is 1.93 bits per heavy atom. The number of phenolic OH excluding ortho intramolecular Hbond substituents is 1. The highest BCUT2D eigenvalue weighted by Gasteiger charge is 2.29. The molecule has 10 heteroatoms. The van der Waals surface area contributed by atoms with E-state index in [1.807, 2.05) is 30.3 Å². The Morgan fingerprint density at radius 3 is 2.76 bits per heavy atom. The van der Waals surface area contributed by atoms with Crippen LogP contribution in [0.1, 0.15) is 11.3 Å². The molecule has 3 aliphatic rings. The Bertz CT molecular complexity index is 1360. The molecule has 10 nitrogen and oxygen atoms in total. The van der Waals surface area contributed by atoms with E-state index >= 15 is 0 Å². The zero-order chi connectivity index (χ0) is 28.2. The van der Waals surface area contributed by atoms with E-state index in [1.165, 1.54) is 5.56 Å². The molecule has 0 radical (unpaired) electrons. The van der Waals surface area contributed by atoms with Crippen molar-refractivity contribution in [2.24, 2.45) is 0 Å². The van der Waals surface area contributed by atoms with Crippen LogP contribution in [0.25, 0.3) is 10.8 Å². The van der Waals surface area contributed by atoms with Gasteiger partial charge in [0.1, 0.15) is 18.2 Å². The van der Waals surface area contributed by atoms with Crippen molar-refractivity contribution in [3.63, 3.8) is 0 Å². The highest BCUT2D eigenvalue weighted by atomic mass is 16.5. The van der Waals surface area contributed by atoms with Crippen LogP contribution in [0.15, 0.2) is 49.1 Å². The largest absolute Gasteiger partial charge is 0.508 e. The lowest BCUT2D eigenvalue weighted by Crippen LogP contribution is -2.48. The van der Waals surface area contributed by atoms with E-state index in [1.54, 1.807) is 6.08 Å². The number of benzene rings is 2. The van der Waals surface area contributed by atoms with E-state index in [4.69, 9.17) is 24.2 Å². The van der Waals surface area contributed by atoms with Crippen LogP contribution >= 0.6 is 0 Å². The van der Waals surface area contributed by atoms with Gasteiger partial charge in [0.05, 0.1) is 44.8 Å². The third-order valence-corrected chi connectivity index (χ3v) is 8.30. The smallest absolute Gasteiger partial charge is 0.318 e. The average Bonchev–Trinajstić information content (AvgIpc) is 3.00. The molecular formula is C31H40N6O4. The van der Waals surface area contributed by atoms with Crippen molar-refractivity contribution in [2.45, 2.75) is 19.0 Å². The van der Waals surface area contributed by atoms with Crippen LogP contribution in [0.4, 0.5) is 11.5 Å². The Balaban J connectivity index is 1.26. The number of fused-ring (bicyclic) bond motifs is 2. The first kappa shape index (κ1) is 27.7. The molecule has 1 aromatic heterocycles. The second kappa shape index (κ2) is 12.6. The number of ether oxygens (including phenoxy) is 3. The number of piperazine rings is 1. The third kappa shape index (κ3) is 6.25. The Kier molecular flexibility index (Phi) is 8.52. The summed E-state index contributed by atoms with van der Waals surface area (Å²) < 4.78 is 17.6. The first-order chi connectivity index (χ1) is 20.1. The number of phenols is 1. The number of hydrogen-bond acceptors (Lipinski definition) is 10. The molecule has 2 saturated heterocycles. The minimum absolute atomic E-state index is 0.168. The maximum absolute atomic E-state index is 10.5. The molecule has 3 aliphatic heterocycles. The summed E-state index contributed by atoms with van der Waals surface area (Å²) in [7, 11) is 2.10. The monoisotopic (exact) mass is 560 g/mol. The van der Waals surface area contributed by atoms with E-state index in [-0.39, 0.29) is 11.8 Å². The summed E-state index contributed by atoms with van der Waals surface area (Å²) >= 11 is 0. The highest BCUT2D eigenvalue weighted by Crippen LogP contribution is 2.36. The van der Waals surface area contributed by atoms with Crippen LogP contribution in [0.2, 0.25) is 0 Å². The van der Waals surface area contributed by atoms with Crippen molar-refractivity contribution in [2.75, 3.05) is 89.3 Å². The second-order valence-corrected chi connectivity index (χ2v) is 11.0. The van der Waals surface area contributed by atoms with Gasteiger partial charge in [-0.15, -0.1) is 6.58 Å². The molecule has 2 aromatic carbocycles. The molecule has 218 valence electrons. The molecule has 0 saturated carbocycles. The summed E-state index contributed by atoms with van der Waals surface area (Å²) in [5.74, 6) is 1.25. The van der Waals surface area contributed by atoms with Crippen molar-refractivity contribution in [3.8, 4) is 11.8 Å². The summed E-state index contributed by atoms with van der Waals surface area (Å²) in [6.07, 6.45) is 2.60. The number of rotatable bonds is 9. The van der Waals surface area contributed by atoms with Crippen LogP contribution in [0.5, 0.6) is 11.8 Å². The molecule has 1 atom stereocenters. The Morgan fingerprint density at radius 1 is 1.07 bits per heavy atom. The molecule has 0 aliphatic carbocycles. The number of morpholine rings is 1. The van der Waals surface area contributed by atoms with Crippen molar-refractivity contribution < 1.29 is 19.3 Å². The number of aromatic nitrogens is 2. The van der Waals surface area contributed by atoms with Gasteiger partial charge in [-0.25, -0.2) is 0 Å². The normalized spacial score (nSPS) is 20.3. The summed E-state index contributed by atoms with van der Waals surface area (Å²) in [5.41, 5.74) is 3.18. The predicted molar refractivity (Wildman–Crippen MR) is 160 cm³/mol. The van der Waals surface area contributed by atoms with Crippen molar-refractivity contribution in [3.05, 3.63) is 60.3 Å². The lowest BCUT2D eigenvalue weighted by Gasteiger charge is -2.38. The Hall–Kier alpha value is -3.44. The third-order valence-electron chi connectivity index (χ3n) is 8.30. The van der Waals surface area contributed by atoms with Crippen LogP contribution in [0.3, 0.4) is 0 Å². The molecule has 41 heavy (non-hydrogen) atoms. The number of aromatic hydroxyl groups is 1. The predicted octanol–water partition coefficient (Wildman–Crippen LogP) is 2.89. The van der Waals surface area contributed by atoms with Gasteiger partial charge in [0, 0.05) is 62.0 Å². The van der Waals surface area contributed by atoms with Crippen LogP contribution < -0.4 is 14.5 Å². The van der Waals surface area contributed by atoms with Crippen LogP contribution in [-0.4, -0.2) is 110 Å². The van der Waals surface area contributed by atoms with Gasteiger partial charge in [-0.1, -0.05) is 30.3 Å². The second-order valence-electron chi connectivity index (χ2n) is 11.0. The van der Waals surface area contributed by atoms with E-state index in [0.29, 0.717) is 39.1 Å². The molecule has 1 N–H and O–H groups in total. The molecular weight excluding hydrogens is 520 g/mol. The first-order valence-corrected chi connectivity index (χ1v) is 14.5. The minimum Gasteiger partial charge on any atom is -0.508 e. The van der Waals surface area contributed by atoms with Crippen LogP contribution in [0, 0.1) is 0 Å². The van der Waals surface area contributed by atoms with Gasteiger partial charge in [0.15, 0.2) is 0 Å². The number of likely N-dealkylation sites (N-methyl/N-ethyl adjacent to an activating group) is 1. The fourth-order valence-corrected chi connectivity index (χ4v) is 5.89. The van der Waals surface area contributed by atoms with Crippen molar-refractivity contribution in [1.29, 1.82) is 0 Å². The minimum atomic E-state index is 0.168. The van der Waals surface area contributed by atoms with Gasteiger partial charge in [-0.2, -0.15) is 9.97 Å². The molecule has 0 spiro atoms. The van der Waals surface area contributed by atoms with Crippen LogP contribution in [-0.2, 0) is 22.4 Å². The van der Waals surface area contributed by atoms with Gasteiger partial charge in [0.25, 0.3) is 0 Å². The molecule has 6 rings (SSSR count). The summed E-state index contributed by atoms with van der Waals surface area (Å²) in [6.45, 7) is 12.6. The molecule has 0 bridgehead atoms. The molecule has 2 fully saturated rings. The summed E-state index contributed by atoms with van der Waals surface area (Å²) in [5, 5.41) is 12.6. The van der Waals surface area contributed by atoms with Gasteiger partial charge in [-0.05, 0) is 24.9 Å². The van der Waals surface area contributed by atoms with Gasteiger partial charge in [-0.3, -0.25) is 9.80 Å². The average molecular weight is 561 g/mol. The van der Waals surface area contributed by atoms with Gasteiger partial charge < -0.3 is 29.1 Å². The van der Waals surface area contributed by atoms with E-state index in [2.05, 4.69) is 39.3 Å². The van der Waals surface area contributed by atoms with Gasteiger partial charge >= 0.3 is 6.01 Å². The zero-order valence-electron chi connectivity index (χ0n) is 23.9. The number of anilines is 2. The SMILES string of the molecule is C=CCOCN1CCN(c2nc(OCC3COCCN3C)nc3c2CCN(c2cc(O)cc4ccccc24)C3)CC1. The molecule has 4 heterocycles. The quantitative estimate of drug-likeness (QED) is 0.311. The lowest BCUT2D eigenvalue weighted by molar-refractivity contribution is -0.0120. The van der Waals surface area contributed by atoms with E-state index in [0.717, 1.165) is 80.3 Å².